The molecule has 5 aromatic rings. The molecule has 0 unspecified atom stereocenters. The molecule has 0 saturated carbocycles. The van der Waals surface area contributed by atoms with E-state index in [0.29, 0.717) is 16.9 Å². The van der Waals surface area contributed by atoms with E-state index in [0.717, 1.165) is 24.3 Å². The second kappa shape index (κ2) is 14.8. The van der Waals surface area contributed by atoms with Gasteiger partial charge in [-0.1, -0.05) is 17.7 Å². The lowest BCUT2D eigenvalue weighted by Gasteiger charge is -2.22. The highest BCUT2D eigenvalue weighted by molar-refractivity contribution is 7.98. The maximum absolute atomic E-state index is 12.8. The van der Waals surface area contributed by atoms with Gasteiger partial charge in [0.15, 0.2) is 6.61 Å². The minimum atomic E-state index is -5.05. The monoisotopic (exact) mass is 779 g/mol. The molecular weight excluding hydrogens is 747 g/mol. The van der Waals surface area contributed by atoms with Crippen LogP contribution in [0, 0.1) is 6.92 Å². The van der Waals surface area contributed by atoms with E-state index in [1.165, 1.54) is 18.0 Å². The van der Waals surface area contributed by atoms with E-state index in [-0.39, 0.29) is 99.1 Å². The van der Waals surface area contributed by atoms with Crippen molar-refractivity contribution in [1.82, 2.24) is 5.32 Å². The van der Waals surface area contributed by atoms with Crippen LogP contribution in [0.25, 0.3) is 11.3 Å². The number of furan rings is 1. The van der Waals surface area contributed by atoms with Gasteiger partial charge in [-0.25, -0.2) is 16.8 Å². The molecule has 0 atom stereocenters. The number of nitrogens with one attached hydrogen (secondary N) is 1. The second-order valence-corrected chi connectivity index (χ2v) is 16.3. The predicted molar refractivity (Wildman–Crippen MR) is 192 cm³/mol. The minimum absolute atomic E-state index is 0.000180. The highest BCUT2D eigenvalue weighted by atomic mass is 32.2. The molecule has 278 valence electrons. The SMILES string of the molecule is CSCNC(=O)COc1c2cc(-c3ccco3)cc1Cc1cc(S(=O)(=O)[O-])cc(c1O)Cc1cc(C)cc(c1O)Cc1cc(S(=O)(=O)[O-])cc(c1O)C2. The van der Waals surface area contributed by atoms with Crippen LogP contribution in [0.5, 0.6) is 23.0 Å². The normalized spacial score (nSPS) is 13.1. The molecule has 8 bridgehead atoms. The number of benzene rings is 4. The molecule has 0 saturated heterocycles. The number of hydrogen-bond acceptors (Lipinski definition) is 13. The summed E-state index contributed by atoms with van der Waals surface area (Å²) in [5.41, 5.74) is 2.10. The Morgan fingerprint density at radius 3 is 1.58 bits per heavy atom. The number of thioether (sulfide) groups is 1. The smallest absolute Gasteiger partial charge is 0.258 e. The Morgan fingerprint density at radius 1 is 0.755 bits per heavy atom. The Balaban J connectivity index is 1.68. The van der Waals surface area contributed by atoms with Gasteiger partial charge in [0, 0.05) is 31.2 Å². The van der Waals surface area contributed by atoms with Gasteiger partial charge in [0.1, 0.15) is 49.0 Å². The maximum atomic E-state index is 12.8. The number of fused-ring (bicyclic) bond motifs is 8. The van der Waals surface area contributed by atoms with Crippen molar-refractivity contribution in [2.24, 2.45) is 0 Å². The van der Waals surface area contributed by atoms with Gasteiger partial charge in [0.25, 0.3) is 5.91 Å². The number of phenols is 3. The highest BCUT2D eigenvalue weighted by Gasteiger charge is 2.24. The highest BCUT2D eigenvalue weighted by Crippen LogP contribution is 2.41. The molecule has 16 heteroatoms. The quantitative estimate of drug-likeness (QED) is 0.122. The lowest BCUT2D eigenvalue weighted by molar-refractivity contribution is -0.122. The molecule has 4 aromatic carbocycles. The van der Waals surface area contributed by atoms with Crippen molar-refractivity contribution >= 4 is 37.9 Å². The Labute approximate surface area is 309 Å². The van der Waals surface area contributed by atoms with Gasteiger partial charge in [-0.2, -0.15) is 0 Å². The maximum Gasteiger partial charge on any atom is 0.258 e. The van der Waals surface area contributed by atoms with E-state index < -0.39 is 42.5 Å². The summed E-state index contributed by atoms with van der Waals surface area (Å²) in [7, 11) is -10.1. The fraction of sp³-hybridized carbons (Fsp3) is 0.216. The summed E-state index contributed by atoms with van der Waals surface area (Å²) >= 11 is 1.36. The number of carbonyl (C=O) groups is 1. The molecule has 4 N–H and O–H groups in total. The van der Waals surface area contributed by atoms with Crippen LogP contribution < -0.4 is 10.1 Å². The first kappa shape index (κ1) is 37.7. The molecule has 1 aliphatic rings. The summed E-state index contributed by atoms with van der Waals surface area (Å²) in [5, 5.41) is 37.4. The van der Waals surface area contributed by atoms with E-state index in [9.17, 15) is 46.1 Å². The topological polar surface area (TPSA) is 227 Å². The molecule has 1 aliphatic carbocycles. The Morgan fingerprint density at radius 2 is 1.19 bits per heavy atom. The number of amides is 1. The van der Waals surface area contributed by atoms with Crippen LogP contribution in [0.1, 0.15) is 50.1 Å². The van der Waals surface area contributed by atoms with Crippen molar-refractivity contribution in [3.8, 4) is 34.3 Å². The first-order chi connectivity index (χ1) is 25.0. The van der Waals surface area contributed by atoms with E-state index in [1.807, 2.05) is 0 Å². The molecule has 0 spiro atoms. The van der Waals surface area contributed by atoms with Crippen molar-refractivity contribution in [2.45, 2.75) is 42.4 Å². The average molecular weight is 780 g/mol. The molecular formula is C37H33NO12S3-2. The Kier molecular flexibility index (Phi) is 10.5. The van der Waals surface area contributed by atoms with Crippen LogP contribution in [0.15, 0.2) is 81.1 Å². The van der Waals surface area contributed by atoms with Gasteiger partial charge in [0.05, 0.1) is 21.9 Å². The van der Waals surface area contributed by atoms with Crippen molar-refractivity contribution < 1.29 is 55.2 Å². The van der Waals surface area contributed by atoms with Crippen LogP contribution in [-0.4, -0.2) is 65.9 Å². The summed E-state index contributed by atoms with van der Waals surface area (Å²) in [4.78, 5) is 11.5. The molecule has 1 aromatic heterocycles. The fourth-order valence-electron chi connectivity index (χ4n) is 6.44. The molecule has 53 heavy (non-hydrogen) atoms. The van der Waals surface area contributed by atoms with Gasteiger partial charge in [-0.15, -0.1) is 11.8 Å². The Bertz CT molecular complexity index is 2320. The summed E-state index contributed by atoms with van der Waals surface area (Å²) in [6.45, 7) is 1.22. The zero-order chi connectivity index (χ0) is 38.2. The third kappa shape index (κ3) is 8.31. The van der Waals surface area contributed by atoms with Crippen LogP contribution in [0.2, 0.25) is 0 Å². The van der Waals surface area contributed by atoms with E-state index in [1.54, 1.807) is 49.6 Å². The number of aromatic hydroxyl groups is 3. The standard InChI is InChI=1S/C37H35NO12S3/c1-20-6-22-10-24-14-30(52(43,44)45)16-26(35(24)41)12-28-8-21(32-4-3-5-49-32)9-29(37(28)50-18-33(39)38-19-51-2)13-27-17-31(53(46,47)48)15-25(36(27)42)11-23(7-20)34(22)40/h3-9,14-17,40-42H,10-13,18-19H2,1-2H3,(H,38,39)(H,43,44,45)(H,46,47,48)/p-2. The molecule has 0 radical (unpaired) electrons. The van der Waals surface area contributed by atoms with Crippen LogP contribution >= 0.6 is 11.8 Å². The van der Waals surface area contributed by atoms with Crippen molar-refractivity contribution in [3.05, 3.63) is 117 Å². The van der Waals surface area contributed by atoms with E-state index in [2.05, 4.69) is 5.32 Å². The zero-order valence-corrected chi connectivity index (χ0v) is 30.8. The predicted octanol–water partition coefficient (Wildman–Crippen LogP) is 4.67. The lowest BCUT2D eigenvalue weighted by Crippen LogP contribution is -2.28. The largest absolute Gasteiger partial charge is 0.744 e. The summed E-state index contributed by atoms with van der Waals surface area (Å²) in [6, 6.07) is 13.9. The number of rotatable bonds is 8. The van der Waals surface area contributed by atoms with Gasteiger partial charge in [-0.05, 0) is 106 Å². The number of hydrogen-bond donors (Lipinski definition) is 4. The van der Waals surface area contributed by atoms with Crippen LogP contribution in [0.4, 0.5) is 0 Å². The van der Waals surface area contributed by atoms with Crippen LogP contribution in [0.3, 0.4) is 0 Å². The zero-order valence-electron chi connectivity index (χ0n) is 28.3. The summed E-state index contributed by atoms with van der Waals surface area (Å²) in [5.74, 6) is -0.758. The van der Waals surface area contributed by atoms with Crippen LogP contribution in [-0.2, 0) is 50.7 Å². The molecule has 13 nitrogen and oxygen atoms in total. The summed E-state index contributed by atoms with van der Waals surface area (Å²) in [6.07, 6.45) is 2.21. The number of carbonyl (C=O) groups excluding carboxylic acids is 1. The first-order valence-electron chi connectivity index (χ1n) is 16.0. The summed E-state index contributed by atoms with van der Waals surface area (Å²) < 4.78 is 86.3. The van der Waals surface area contributed by atoms with Gasteiger partial charge >= 0.3 is 0 Å². The molecule has 6 rings (SSSR count). The molecule has 1 heterocycles. The van der Waals surface area contributed by atoms with Crippen molar-refractivity contribution in [1.29, 1.82) is 0 Å². The third-order valence-electron chi connectivity index (χ3n) is 8.81. The van der Waals surface area contributed by atoms with Gasteiger partial charge < -0.3 is 38.9 Å². The molecule has 0 fully saturated rings. The van der Waals surface area contributed by atoms with Gasteiger partial charge in [0.2, 0.25) is 0 Å². The van der Waals surface area contributed by atoms with Crippen molar-refractivity contribution in [2.75, 3.05) is 18.7 Å². The molecule has 1 amide bonds. The van der Waals surface area contributed by atoms with E-state index in [4.69, 9.17) is 9.15 Å². The van der Waals surface area contributed by atoms with E-state index >= 15 is 0 Å². The number of ether oxygens (including phenoxy) is 1. The van der Waals surface area contributed by atoms with Crippen molar-refractivity contribution in [3.63, 3.8) is 0 Å². The first-order valence-corrected chi connectivity index (χ1v) is 20.2. The Hall–Kier alpha value is -5.00. The fourth-order valence-corrected chi connectivity index (χ4v) is 7.89. The lowest BCUT2D eigenvalue weighted by atomic mass is 9.89. The average Bonchev–Trinajstić information content (AvgIpc) is 3.62. The number of phenolic OH excluding ortho intramolecular Hbond substituents is 3. The third-order valence-corrected chi connectivity index (χ3v) is 10.9. The minimum Gasteiger partial charge on any atom is -0.744 e. The molecule has 0 aliphatic heterocycles. The second-order valence-electron chi connectivity index (χ2n) is 12.6. The van der Waals surface area contributed by atoms with Gasteiger partial charge in [-0.3, -0.25) is 4.79 Å². The number of aryl methyl sites for hydroxylation is 1.